The summed E-state index contributed by atoms with van der Waals surface area (Å²) in [5.41, 5.74) is 3.86. The van der Waals surface area contributed by atoms with Gasteiger partial charge in [-0.1, -0.05) is 24.3 Å². The van der Waals surface area contributed by atoms with E-state index >= 15 is 0 Å². The lowest BCUT2D eigenvalue weighted by molar-refractivity contribution is 0.170. The molecule has 1 unspecified atom stereocenters. The van der Waals surface area contributed by atoms with Gasteiger partial charge in [0.25, 0.3) is 0 Å². The summed E-state index contributed by atoms with van der Waals surface area (Å²) in [5, 5.41) is 3.45. The van der Waals surface area contributed by atoms with Crippen molar-refractivity contribution in [3.05, 3.63) is 54.4 Å². The topological polar surface area (TPSA) is 31.4 Å². The molecule has 0 bridgehead atoms. The van der Waals surface area contributed by atoms with Crippen LogP contribution < -0.4 is 5.32 Å². The zero-order valence-corrected chi connectivity index (χ0v) is 14.2. The molecule has 4 heteroatoms. The summed E-state index contributed by atoms with van der Waals surface area (Å²) in [6.45, 7) is 8.16. The average molecular weight is 322 g/mol. The highest BCUT2D eigenvalue weighted by Crippen LogP contribution is 2.22. The van der Waals surface area contributed by atoms with E-state index in [0.717, 1.165) is 25.7 Å². The zero-order valence-electron chi connectivity index (χ0n) is 14.2. The first-order valence-electron chi connectivity index (χ1n) is 9.05. The Balaban J connectivity index is 1.39. The van der Waals surface area contributed by atoms with Crippen LogP contribution in [0.15, 0.2) is 48.8 Å². The molecule has 3 heterocycles. The van der Waals surface area contributed by atoms with Crippen molar-refractivity contribution in [3.63, 3.8) is 0 Å². The number of hydrogen-bond donors (Lipinski definition) is 1. The number of rotatable bonds is 4. The fraction of sp³-hybridized carbons (Fsp3) is 0.450. The molecule has 2 fully saturated rings. The third-order valence-electron chi connectivity index (χ3n) is 5.24. The predicted octanol–water partition coefficient (Wildman–Crippen LogP) is 2.23. The Kier molecular flexibility index (Phi) is 4.88. The van der Waals surface area contributed by atoms with Crippen LogP contribution in [0.1, 0.15) is 12.0 Å². The fourth-order valence-corrected chi connectivity index (χ4v) is 3.94. The second-order valence-electron chi connectivity index (χ2n) is 6.91. The molecule has 0 radical (unpaired) electrons. The molecule has 24 heavy (non-hydrogen) atoms. The van der Waals surface area contributed by atoms with Gasteiger partial charge >= 0.3 is 0 Å². The van der Waals surface area contributed by atoms with Crippen molar-refractivity contribution in [1.82, 2.24) is 20.1 Å². The van der Waals surface area contributed by atoms with Crippen LogP contribution in [0, 0.1) is 0 Å². The SMILES string of the molecule is c1cncc(-c2cccc(CN3CCC(N4CCNCC4)C3)c2)c1. The standard InChI is InChI=1S/C20H26N4/c1-3-17(13-18(4-1)19-5-2-7-22-14-19)15-23-10-6-20(16-23)24-11-8-21-9-12-24/h1-5,7,13-14,20-21H,6,8-12,15-16H2. The van der Waals surface area contributed by atoms with Gasteiger partial charge in [-0.3, -0.25) is 14.8 Å². The summed E-state index contributed by atoms with van der Waals surface area (Å²) < 4.78 is 0. The second kappa shape index (κ2) is 7.43. The van der Waals surface area contributed by atoms with Gasteiger partial charge in [-0.25, -0.2) is 0 Å². The second-order valence-corrected chi connectivity index (χ2v) is 6.91. The third kappa shape index (κ3) is 3.66. The molecular weight excluding hydrogens is 296 g/mol. The summed E-state index contributed by atoms with van der Waals surface area (Å²) in [7, 11) is 0. The van der Waals surface area contributed by atoms with Gasteiger partial charge in [0.05, 0.1) is 0 Å². The van der Waals surface area contributed by atoms with Crippen LogP contribution >= 0.6 is 0 Å². The van der Waals surface area contributed by atoms with Gasteiger partial charge in [0.15, 0.2) is 0 Å². The van der Waals surface area contributed by atoms with Crippen molar-refractivity contribution in [2.24, 2.45) is 0 Å². The molecule has 0 aliphatic carbocycles. The number of nitrogens with zero attached hydrogens (tertiary/aromatic N) is 3. The molecule has 126 valence electrons. The maximum Gasteiger partial charge on any atom is 0.0346 e. The number of nitrogens with one attached hydrogen (secondary N) is 1. The van der Waals surface area contributed by atoms with E-state index in [9.17, 15) is 0 Å². The largest absolute Gasteiger partial charge is 0.314 e. The van der Waals surface area contributed by atoms with E-state index in [0.29, 0.717) is 0 Å². The summed E-state index contributed by atoms with van der Waals surface area (Å²) in [5.74, 6) is 0. The Morgan fingerprint density at radius 3 is 2.75 bits per heavy atom. The molecule has 2 aliphatic rings. The van der Waals surface area contributed by atoms with Gasteiger partial charge in [-0.2, -0.15) is 0 Å². The van der Waals surface area contributed by atoms with E-state index in [2.05, 4.69) is 50.4 Å². The number of aromatic nitrogens is 1. The summed E-state index contributed by atoms with van der Waals surface area (Å²) in [4.78, 5) is 9.51. The number of likely N-dealkylation sites (tertiary alicyclic amines) is 1. The molecule has 0 spiro atoms. The highest BCUT2D eigenvalue weighted by molar-refractivity contribution is 5.62. The molecule has 2 aromatic rings. The van der Waals surface area contributed by atoms with E-state index in [1.165, 1.54) is 49.3 Å². The Labute approximate surface area is 144 Å². The van der Waals surface area contributed by atoms with E-state index in [1.807, 2.05) is 18.5 Å². The van der Waals surface area contributed by atoms with Crippen LogP contribution in [-0.4, -0.2) is 60.1 Å². The minimum atomic E-state index is 0.744. The van der Waals surface area contributed by atoms with Crippen LogP contribution in [-0.2, 0) is 6.54 Å². The highest BCUT2D eigenvalue weighted by atomic mass is 15.3. The molecule has 1 aromatic carbocycles. The molecule has 1 aromatic heterocycles. The first kappa shape index (κ1) is 15.8. The molecule has 4 rings (SSSR count). The zero-order chi connectivity index (χ0) is 16.2. The van der Waals surface area contributed by atoms with Crippen molar-refractivity contribution in [3.8, 4) is 11.1 Å². The Hall–Kier alpha value is -1.75. The quantitative estimate of drug-likeness (QED) is 0.935. The minimum Gasteiger partial charge on any atom is -0.314 e. The fourth-order valence-electron chi connectivity index (χ4n) is 3.94. The molecule has 1 atom stereocenters. The molecule has 0 amide bonds. The van der Waals surface area contributed by atoms with Crippen molar-refractivity contribution in [1.29, 1.82) is 0 Å². The number of piperazine rings is 1. The monoisotopic (exact) mass is 322 g/mol. The van der Waals surface area contributed by atoms with Crippen molar-refractivity contribution in [2.45, 2.75) is 19.0 Å². The third-order valence-corrected chi connectivity index (χ3v) is 5.24. The molecule has 4 nitrogen and oxygen atoms in total. The Bertz CT molecular complexity index is 652. The maximum atomic E-state index is 4.23. The Morgan fingerprint density at radius 1 is 1.04 bits per heavy atom. The first-order valence-corrected chi connectivity index (χ1v) is 9.05. The lowest BCUT2D eigenvalue weighted by Gasteiger charge is -2.32. The molecule has 2 saturated heterocycles. The molecule has 2 aliphatic heterocycles. The van der Waals surface area contributed by atoms with Crippen LogP contribution in [0.4, 0.5) is 0 Å². The number of pyridine rings is 1. The van der Waals surface area contributed by atoms with E-state index in [1.54, 1.807) is 0 Å². The van der Waals surface area contributed by atoms with Gasteiger partial charge in [0, 0.05) is 64.2 Å². The number of benzene rings is 1. The molecule has 0 saturated carbocycles. The van der Waals surface area contributed by atoms with Gasteiger partial charge in [-0.15, -0.1) is 0 Å². The summed E-state index contributed by atoms with van der Waals surface area (Å²) in [6.07, 6.45) is 5.07. The molecular formula is C20H26N4. The van der Waals surface area contributed by atoms with E-state index in [-0.39, 0.29) is 0 Å². The van der Waals surface area contributed by atoms with Crippen molar-refractivity contribution >= 4 is 0 Å². The summed E-state index contributed by atoms with van der Waals surface area (Å²) in [6, 6.07) is 13.8. The van der Waals surface area contributed by atoms with E-state index in [4.69, 9.17) is 0 Å². The first-order chi connectivity index (χ1) is 11.9. The minimum absolute atomic E-state index is 0.744. The van der Waals surface area contributed by atoms with Crippen LogP contribution in [0.3, 0.4) is 0 Å². The average Bonchev–Trinajstić information content (AvgIpc) is 3.12. The highest BCUT2D eigenvalue weighted by Gasteiger charge is 2.28. The number of hydrogen-bond acceptors (Lipinski definition) is 4. The lowest BCUT2D eigenvalue weighted by atomic mass is 10.0. The normalized spacial score (nSPS) is 22.8. The molecule has 1 N–H and O–H groups in total. The van der Waals surface area contributed by atoms with Gasteiger partial charge < -0.3 is 5.32 Å². The van der Waals surface area contributed by atoms with Gasteiger partial charge in [-0.05, 0) is 35.2 Å². The lowest BCUT2D eigenvalue weighted by Crippen LogP contribution is -2.49. The van der Waals surface area contributed by atoms with Crippen LogP contribution in [0.2, 0.25) is 0 Å². The van der Waals surface area contributed by atoms with Crippen LogP contribution in [0.25, 0.3) is 11.1 Å². The predicted molar refractivity (Wildman–Crippen MR) is 97.8 cm³/mol. The maximum absolute atomic E-state index is 4.23. The van der Waals surface area contributed by atoms with Crippen molar-refractivity contribution < 1.29 is 0 Å². The van der Waals surface area contributed by atoms with E-state index < -0.39 is 0 Å². The smallest absolute Gasteiger partial charge is 0.0346 e. The summed E-state index contributed by atoms with van der Waals surface area (Å²) >= 11 is 0. The van der Waals surface area contributed by atoms with Gasteiger partial charge in [0.1, 0.15) is 0 Å². The van der Waals surface area contributed by atoms with Crippen LogP contribution in [0.5, 0.6) is 0 Å². The Morgan fingerprint density at radius 2 is 1.92 bits per heavy atom. The van der Waals surface area contributed by atoms with Crippen molar-refractivity contribution in [2.75, 3.05) is 39.3 Å². The van der Waals surface area contributed by atoms with Gasteiger partial charge in [0.2, 0.25) is 0 Å².